The lowest BCUT2D eigenvalue weighted by Crippen LogP contribution is -2.15. The summed E-state index contributed by atoms with van der Waals surface area (Å²) in [6.07, 6.45) is 32.8. The van der Waals surface area contributed by atoms with Gasteiger partial charge in [-0.3, -0.25) is 0 Å². The van der Waals surface area contributed by atoms with Crippen LogP contribution in [0.1, 0.15) is 182 Å². The average Bonchev–Trinajstić information content (AvgIpc) is 2.87. The zero-order chi connectivity index (χ0) is 26.7. The molecule has 2 heteroatoms. The van der Waals surface area contributed by atoms with E-state index in [0.717, 1.165) is 5.92 Å². The molecule has 0 saturated carbocycles. The van der Waals surface area contributed by atoms with Crippen molar-refractivity contribution in [1.29, 1.82) is 0 Å². The fraction of sp³-hybridized carbons (Fsp3) is 0.912. The summed E-state index contributed by atoms with van der Waals surface area (Å²) < 4.78 is 5.54. The van der Waals surface area contributed by atoms with Gasteiger partial charge in [0.05, 0.1) is 6.61 Å². The molecular formula is C34H66O2. The summed E-state index contributed by atoms with van der Waals surface area (Å²) in [5.41, 5.74) is 0.517. The maximum absolute atomic E-state index is 11.9. The summed E-state index contributed by atoms with van der Waals surface area (Å²) in [4.78, 5) is 11.9. The van der Waals surface area contributed by atoms with E-state index in [1.54, 1.807) is 6.92 Å². The largest absolute Gasteiger partial charge is 0.462 e. The SMILES string of the molecule is C=C(C)C(=O)OCC(CCCCCCCCCCCCCC)CCCCCCCCCCC(C)CC. The van der Waals surface area contributed by atoms with Crippen molar-refractivity contribution in [2.45, 2.75) is 182 Å². The second kappa shape index (κ2) is 27.3. The van der Waals surface area contributed by atoms with E-state index in [0.29, 0.717) is 18.1 Å². The van der Waals surface area contributed by atoms with Crippen molar-refractivity contribution < 1.29 is 9.53 Å². The van der Waals surface area contributed by atoms with Crippen LogP contribution < -0.4 is 0 Å². The van der Waals surface area contributed by atoms with Crippen LogP contribution in [0.15, 0.2) is 12.2 Å². The van der Waals surface area contributed by atoms with E-state index in [4.69, 9.17) is 4.74 Å². The fourth-order valence-corrected chi connectivity index (χ4v) is 5.09. The average molecular weight is 507 g/mol. The van der Waals surface area contributed by atoms with Gasteiger partial charge in [0.25, 0.3) is 0 Å². The van der Waals surface area contributed by atoms with Gasteiger partial charge in [-0.05, 0) is 31.6 Å². The normalized spacial score (nSPS) is 13.0. The lowest BCUT2D eigenvalue weighted by atomic mass is 9.94. The second-order valence-electron chi connectivity index (χ2n) is 11.8. The summed E-state index contributed by atoms with van der Waals surface area (Å²) >= 11 is 0. The highest BCUT2D eigenvalue weighted by atomic mass is 16.5. The molecule has 0 radical (unpaired) electrons. The quantitative estimate of drug-likeness (QED) is 0.0599. The van der Waals surface area contributed by atoms with Crippen LogP contribution in [-0.4, -0.2) is 12.6 Å². The van der Waals surface area contributed by atoms with E-state index in [2.05, 4.69) is 27.4 Å². The van der Waals surface area contributed by atoms with Crippen LogP contribution in [0.2, 0.25) is 0 Å². The van der Waals surface area contributed by atoms with Crippen LogP contribution >= 0.6 is 0 Å². The van der Waals surface area contributed by atoms with Gasteiger partial charge in [0.2, 0.25) is 0 Å². The van der Waals surface area contributed by atoms with E-state index < -0.39 is 0 Å². The molecule has 0 aliphatic heterocycles. The number of hydrogen-bond acceptors (Lipinski definition) is 2. The van der Waals surface area contributed by atoms with Crippen LogP contribution in [0, 0.1) is 11.8 Å². The summed E-state index contributed by atoms with van der Waals surface area (Å²) in [5.74, 6) is 1.21. The van der Waals surface area contributed by atoms with E-state index in [9.17, 15) is 4.79 Å². The number of carbonyl (C=O) groups excluding carboxylic acids is 1. The van der Waals surface area contributed by atoms with Gasteiger partial charge in [-0.15, -0.1) is 0 Å². The minimum atomic E-state index is -0.219. The molecule has 0 aromatic carbocycles. The molecule has 2 nitrogen and oxygen atoms in total. The van der Waals surface area contributed by atoms with Crippen LogP contribution in [-0.2, 0) is 9.53 Å². The van der Waals surface area contributed by atoms with Gasteiger partial charge in [-0.1, -0.05) is 169 Å². The molecule has 0 aromatic heterocycles. The molecule has 0 bridgehead atoms. The van der Waals surface area contributed by atoms with E-state index in [1.807, 2.05) is 0 Å². The number of ether oxygens (including phenoxy) is 1. The van der Waals surface area contributed by atoms with Crippen molar-refractivity contribution in [3.8, 4) is 0 Å². The Morgan fingerprint density at radius 1 is 0.611 bits per heavy atom. The second-order valence-corrected chi connectivity index (χ2v) is 11.8. The third-order valence-electron chi connectivity index (χ3n) is 8.02. The first-order valence-corrected chi connectivity index (χ1v) is 16.3. The van der Waals surface area contributed by atoms with Gasteiger partial charge in [0.15, 0.2) is 0 Å². The van der Waals surface area contributed by atoms with Gasteiger partial charge >= 0.3 is 5.97 Å². The highest BCUT2D eigenvalue weighted by Gasteiger charge is 2.12. The first-order valence-electron chi connectivity index (χ1n) is 16.3. The van der Waals surface area contributed by atoms with Gasteiger partial charge in [-0.25, -0.2) is 4.79 Å². The smallest absolute Gasteiger partial charge is 0.333 e. The van der Waals surface area contributed by atoms with E-state index >= 15 is 0 Å². The third kappa shape index (κ3) is 24.9. The molecule has 36 heavy (non-hydrogen) atoms. The molecule has 0 spiro atoms. The number of esters is 1. The van der Waals surface area contributed by atoms with Crippen molar-refractivity contribution in [2.24, 2.45) is 11.8 Å². The highest BCUT2D eigenvalue weighted by molar-refractivity contribution is 5.86. The van der Waals surface area contributed by atoms with Crippen molar-refractivity contribution in [1.82, 2.24) is 0 Å². The molecule has 0 N–H and O–H groups in total. The fourth-order valence-electron chi connectivity index (χ4n) is 5.09. The Labute approximate surface area is 227 Å². The molecular weight excluding hydrogens is 440 g/mol. The maximum atomic E-state index is 11.9. The Morgan fingerprint density at radius 2 is 0.972 bits per heavy atom. The molecule has 0 aromatic rings. The van der Waals surface area contributed by atoms with Crippen molar-refractivity contribution >= 4 is 5.97 Å². The van der Waals surface area contributed by atoms with Crippen molar-refractivity contribution in [3.05, 3.63) is 12.2 Å². The third-order valence-corrected chi connectivity index (χ3v) is 8.02. The van der Waals surface area contributed by atoms with Crippen LogP contribution in [0.4, 0.5) is 0 Å². The molecule has 0 amide bonds. The Bertz CT molecular complexity index is 484. The lowest BCUT2D eigenvalue weighted by Gasteiger charge is -2.17. The first-order chi connectivity index (χ1) is 17.5. The minimum Gasteiger partial charge on any atom is -0.462 e. The molecule has 0 aliphatic carbocycles. The van der Waals surface area contributed by atoms with Crippen molar-refractivity contribution in [2.75, 3.05) is 6.61 Å². The summed E-state index contributed by atoms with van der Waals surface area (Å²) in [7, 11) is 0. The standard InChI is InChI=1S/C34H66O2/c1-6-8-9-10-11-12-13-14-15-19-22-25-28-33(30-36-34(35)31(3)4)29-26-23-20-17-16-18-21-24-27-32(5)7-2/h32-33H,3,6-30H2,1-2,4-5H3. The van der Waals surface area contributed by atoms with Gasteiger partial charge < -0.3 is 4.74 Å². The molecule has 0 aliphatic rings. The van der Waals surface area contributed by atoms with Gasteiger partial charge in [0.1, 0.15) is 0 Å². The Balaban J connectivity index is 3.84. The molecule has 0 rings (SSSR count). The molecule has 2 atom stereocenters. The Morgan fingerprint density at radius 3 is 1.33 bits per heavy atom. The predicted octanol–water partition coefficient (Wildman–Crippen LogP) is 11.8. The first kappa shape index (κ1) is 35.2. The number of rotatable bonds is 28. The number of hydrogen-bond donors (Lipinski definition) is 0. The highest BCUT2D eigenvalue weighted by Crippen LogP contribution is 2.21. The Hall–Kier alpha value is -0.790. The monoisotopic (exact) mass is 507 g/mol. The maximum Gasteiger partial charge on any atom is 0.333 e. The molecule has 2 unspecified atom stereocenters. The zero-order valence-electron chi connectivity index (χ0n) is 25.4. The molecule has 214 valence electrons. The summed E-state index contributed by atoms with van der Waals surface area (Å²) in [5, 5.41) is 0. The molecule has 0 heterocycles. The summed E-state index contributed by atoms with van der Waals surface area (Å²) in [6.45, 7) is 13.0. The molecule has 0 saturated heterocycles. The lowest BCUT2D eigenvalue weighted by molar-refractivity contribution is -0.140. The van der Waals surface area contributed by atoms with Gasteiger partial charge in [0, 0.05) is 5.57 Å². The van der Waals surface area contributed by atoms with E-state index in [1.165, 1.54) is 154 Å². The minimum absolute atomic E-state index is 0.219. The number of unbranched alkanes of at least 4 members (excludes halogenated alkanes) is 18. The number of carbonyl (C=O) groups is 1. The van der Waals surface area contributed by atoms with E-state index in [-0.39, 0.29) is 5.97 Å². The van der Waals surface area contributed by atoms with Crippen LogP contribution in [0.3, 0.4) is 0 Å². The topological polar surface area (TPSA) is 26.3 Å². The van der Waals surface area contributed by atoms with Gasteiger partial charge in [-0.2, -0.15) is 0 Å². The summed E-state index contributed by atoms with van der Waals surface area (Å²) in [6, 6.07) is 0. The molecule has 0 fully saturated rings. The Kier molecular flexibility index (Phi) is 26.7. The zero-order valence-corrected chi connectivity index (χ0v) is 25.4. The predicted molar refractivity (Wildman–Crippen MR) is 161 cm³/mol. The van der Waals surface area contributed by atoms with Crippen LogP contribution in [0.25, 0.3) is 0 Å². The van der Waals surface area contributed by atoms with Crippen LogP contribution in [0.5, 0.6) is 0 Å². The van der Waals surface area contributed by atoms with Crippen molar-refractivity contribution in [3.63, 3.8) is 0 Å².